The van der Waals surface area contributed by atoms with Crippen LogP contribution >= 0.6 is 0 Å². The summed E-state index contributed by atoms with van der Waals surface area (Å²) < 4.78 is 41.3. The molecule has 0 saturated heterocycles. The quantitative estimate of drug-likeness (QED) is 0.746. The molecule has 0 saturated carbocycles. The van der Waals surface area contributed by atoms with Crippen LogP contribution in [0.5, 0.6) is 5.75 Å². The van der Waals surface area contributed by atoms with Crippen LogP contribution in [0, 0.1) is 5.82 Å². The molecule has 0 aromatic heterocycles. The second kappa shape index (κ2) is 8.23. The van der Waals surface area contributed by atoms with Gasteiger partial charge in [-0.2, -0.15) is 0 Å². The summed E-state index contributed by atoms with van der Waals surface area (Å²) in [5.41, 5.74) is 2.72. The van der Waals surface area contributed by atoms with Crippen LogP contribution in [0.2, 0.25) is 0 Å². The fourth-order valence-corrected chi connectivity index (χ4v) is 2.27. The number of carbonyl (C=O) groups excluding carboxylic acids is 1. The van der Waals surface area contributed by atoms with Gasteiger partial charge in [-0.15, -0.1) is 4.83 Å². The maximum Gasteiger partial charge on any atom is 0.272 e. The maximum atomic E-state index is 12.7. The summed E-state index contributed by atoms with van der Waals surface area (Å²) in [7, 11) is -3.83. The Morgan fingerprint density at radius 3 is 2.42 bits per heavy atom. The molecule has 1 amide bonds. The number of halogens is 1. The van der Waals surface area contributed by atoms with Gasteiger partial charge >= 0.3 is 0 Å². The smallest absolute Gasteiger partial charge is 0.272 e. The van der Waals surface area contributed by atoms with Crippen molar-refractivity contribution in [2.75, 3.05) is 6.61 Å². The van der Waals surface area contributed by atoms with Gasteiger partial charge in [0.2, 0.25) is 0 Å². The van der Waals surface area contributed by atoms with E-state index in [9.17, 15) is 17.6 Å². The molecule has 0 atom stereocenters. The Kier molecular flexibility index (Phi) is 6.05. The number of hydrogen-bond acceptors (Lipinski definition) is 4. The molecule has 0 unspecified atom stereocenters. The van der Waals surface area contributed by atoms with Crippen LogP contribution in [-0.4, -0.2) is 20.9 Å². The number of sulfonamides is 1. The van der Waals surface area contributed by atoms with Gasteiger partial charge in [-0.1, -0.05) is 30.3 Å². The number of hydrogen-bond donors (Lipinski definition) is 2. The topological polar surface area (TPSA) is 84.5 Å². The Morgan fingerprint density at radius 1 is 1.08 bits per heavy atom. The van der Waals surface area contributed by atoms with Crippen molar-refractivity contribution < 1.29 is 22.3 Å². The summed E-state index contributed by atoms with van der Waals surface area (Å²) in [4.78, 5) is 13.5. The number of carbonyl (C=O) groups is 1. The third-order valence-corrected chi connectivity index (χ3v) is 3.64. The van der Waals surface area contributed by atoms with E-state index in [4.69, 9.17) is 4.74 Å². The van der Waals surface area contributed by atoms with Gasteiger partial charge in [0.05, 0.1) is 0 Å². The fourth-order valence-electron chi connectivity index (χ4n) is 1.61. The van der Waals surface area contributed by atoms with Crippen molar-refractivity contribution >= 4 is 22.0 Å². The van der Waals surface area contributed by atoms with Gasteiger partial charge in [-0.05, 0) is 35.9 Å². The van der Waals surface area contributed by atoms with E-state index >= 15 is 0 Å². The van der Waals surface area contributed by atoms with E-state index in [1.807, 2.05) is 16.3 Å². The number of nitrogens with one attached hydrogen (secondary N) is 2. The van der Waals surface area contributed by atoms with Crippen molar-refractivity contribution in [2.24, 2.45) is 0 Å². The SMILES string of the molecule is O=C(COc1ccc(F)cc1)NNS(=O)(=O)/C=C/c1ccccc1. The summed E-state index contributed by atoms with van der Waals surface area (Å²) in [6, 6.07) is 13.9. The molecule has 0 spiro atoms. The maximum absolute atomic E-state index is 12.7. The molecule has 0 heterocycles. The predicted molar refractivity (Wildman–Crippen MR) is 87.6 cm³/mol. The summed E-state index contributed by atoms with van der Waals surface area (Å²) in [6.45, 7) is -0.420. The van der Waals surface area contributed by atoms with Gasteiger partial charge < -0.3 is 4.74 Å². The van der Waals surface area contributed by atoms with Crippen molar-refractivity contribution in [3.8, 4) is 5.75 Å². The molecule has 0 aliphatic carbocycles. The molecule has 2 aromatic rings. The lowest BCUT2D eigenvalue weighted by Gasteiger charge is -2.07. The van der Waals surface area contributed by atoms with Gasteiger partial charge in [0.25, 0.3) is 15.9 Å². The average molecular weight is 350 g/mol. The van der Waals surface area contributed by atoms with E-state index in [0.29, 0.717) is 11.3 Å². The molecule has 8 heteroatoms. The lowest BCUT2D eigenvalue weighted by molar-refractivity contribution is -0.123. The molecule has 0 aliphatic heterocycles. The molecule has 0 aliphatic rings. The number of hydrazine groups is 1. The van der Waals surface area contributed by atoms with Crippen LogP contribution in [0.4, 0.5) is 4.39 Å². The Hall–Kier alpha value is -2.71. The van der Waals surface area contributed by atoms with E-state index in [0.717, 1.165) is 5.41 Å². The summed E-state index contributed by atoms with van der Waals surface area (Å²) >= 11 is 0. The normalized spacial score (nSPS) is 11.4. The number of ether oxygens (including phenoxy) is 1. The van der Waals surface area contributed by atoms with E-state index in [-0.39, 0.29) is 0 Å². The zero-order valence-electron chi connectivity index (χ0n) is 12.5. The average Bonchev–Trinajstić information content (AvgIpc) is 2.59. The zero-order valence-corrected chi connectivity index (χ0v) is 13.3. The number of amides is 1. The minimum absolute atomic E-state index is 0.290. The van der Waals surface area contributed by atoms with Crippen LogP contribution in [0.15, 0.2) is 60.0 Å². The second-order valence-corrected chi connectivity index (χ2v) is 6.22. The molecule has 2 N–H and O–H groups in total. The highest BCUT2D eigenvalue weighted by molar-refractivity contribution is 7.92. The third-order valence-electron chi connectivity index (χ3n) is 2.76. The Bertz CT molecular complexity index is 806. The van der Waals surface area contributed by atoms with Gasteiger partial charge in [0.1, 0.15) is 11.6 Å². The lowest BCUT2D eigenvalue weighted by Crippen LogP contribution is -2.42. The number of benzene rings is 2. The largest absolute Gasteiger partial charge is 0.484 e. The minimum atomic E-state index is -3.83. The second-order valence-electron chi connectivity index (χ2n) is 4.65. The summed E-state index contributed by atoms with van der Waals surface area (Å²) in [5, 5.41) is 0.934. The van der Waals surface area contributed by atoms with E-state index in [1.54, 1.807) is 24.3 Å². The monoisotopic (exact) mass is 350 g/mol. The van der Waals surface area contributed by atoms with Crippen LogP contribution in [0.1, 0.15) is 5.56 Å². The van der Waals surface area contributed by atoms with Crippen LogP contribution in [0.3, 0.4) is 0 Å². The number of rotatable bonds is 7. The van der Waals surface area contributed by atoms with Crippen molar-refractivity contribution in [2.45, 2.75) is 0 Å². The van der Waals surface area contributed by atoms with Gasteiger partial charge in [0, 0.05) is 5.41 Å². The van der Waals surface area contributed by atoms with Crippen LogP contribution in [-0.2, 0) is 14.8 Å². The van der Waals surface area contributed by atoms with Gasteiger partial charge in [-0.3, -0.25) is 10.2 Å². The molecule has 0 fully saturated rings. The Labute approximate surface area is 139 Å². The van der Waals surface area contributed by atoms with Gasteiger partial charge in [0.15, 0.2) is 6.61 Å². The van der Waals surface area contributed by atoms with Crippen LogP contribution < -0.4 is 15.0 Å². The highest BCUT2D eigenvalue weighted by Gasteiger charge is 2.08. The lowest BCUT2D eigenvalue weighted by atomic mass is 10.2. The zero-order chi connectivity index (χ0) is 17.4. The standard InChI is InChI=1S/C16H15FN2O4S/c17-14-6-8-15(9-7-14)23-12-16(20)18-19-24(21,22)11-10-13-4-2-1-3-5-13/h1-11,19H,12H2,(H,18,20)/b11-10+. The highest BCUT2D eigenvalue weighted by atomic mass is 32.2. The molecule has 0 radical (unpaired) electrons. The van der Waals surface area contributed by atoms with Crippen molar-refractivity contribution in [3.63, 3.8) is 0 Å². The van der Waals surface area contributed by atoms with E-state index in [1.165, 1.54) is 30.3 Å². The molecular formula is C16H15FN2O4S. The van der Waals surface area contributed by atoms with E-state index < -0.39 is 28.4 Å². The van der Waals surface area contributed by atoms with Gasteiger partial charge in [-0.25, -0.2) is 12.8 Å². The first-order valence-corrected chi connectivity index (χ1v) is 8.41. The first kappa shape index (κ1) is 17.6. The first-order valence-electron chi connectivity index (χ1n) is 6.87. The molecule has 0 bridgehead atoms. The molecule has 126 valence electrons. The van der Waals surface area contributed by atoms with Crippen LogP contribution in [0.25, 0.3) is 6.08 Å². The predicted octanol–water partition coefficient (Wildman–Crippen LogP) is 1.83. The molecule has 2 aromatic carbocycles. The molecule has 2 rings (SSSR count). The summed E-state index contributed by atoms with van der Waals surface area (Å²) in [6.07, 6.45) is 1.39. The fraction of sp³-hybridized carbons (Fsp3) is 0.0625. The minimum Gasteiger partial charge on any atom is -0.484 e. The summed E-state index contributed by atoms with van der Waals surface area (Å²) in [5.74, 6) is -0.834. The van der Waals surface area contributed by atoms with E-state index in [2.05, 4.69) is 0 Å². The highest BCUT2D eigenvalue weighted by Crippen LogP contribution is 2.10. The Morgan fingerprint density at radius 2 is 1.75 bits per heavy atom. The van der Waals surface area contributed by atoms with Crippen molar-refractivity contribution in [1.29, 1.82) is 0 Å². The molecule has 24 heavy (non-hydrogen) atoms. The van der Waals surface area contributed by atoms with Crippen molar-refractivity contribution in [1.82, 2.24) is 10.3 Å². The first-order chi connectivity index (χ1) is 11.4. The molecular weight excluding hydrogens is 335 g/mol. The Balaban J connectivity index is 1.79. The van der Waals surface area contributed by atoms with Crippen molar-refractivity contribution in [3.05, 3.63) is 71.4 Å². The molecule has 6 nitrogen and oxygen atoms in total. The third kappa shape index (κ3) is 6.19.